The molecule has 2 aliphatic rings. The van der Waals surface area contributed by atoms with Crippen LogP contribution in [-0.2, 0) is 0 Å². The van der Waals surface area contributed by atoms with Crippen molar-refractivity contribution in [2.45, 2.75) is 82.1 Å². The maximum absolute atomic E-state index is 3.84. The molecule has 2 aliphatic carbocycles. The van der Waals surface area contributed by atoms with Crippen molar-refractivity contribution in [3.8, 4) is 0 Å². The van der Waals surface area contributed by atoms with Crippen molar-refractivity contribution in [3.63, 3.8) is 0 Å². The van der Waals surface area contributed by atoms with Crippen LogP contribution >= 0.6 is 0 Å². The highest BCUT2D eigenvalue weighted by molar-refractivity contribution is 5.85. The van der Waals surface area contributed by atoms with Gasteiger partial charge in [0, 0.05) is 22.1 Å². The topological polar surface area (TPSA) is 19.0 Å². The number of nitrogens with zero attached hydrogens (tertiary/aromatic N) is 1. The number of benzene rings is 1. The third-order valence-corrected chi connectivity index (χ3v) is 7.03. The summed E-state index contributed by atoms with van der Waals surface area (Å²) in [6.45, 7) is 2.32. The van der Waals surface area contributed by atoms with Gasteiger partial charge in [-0.25, -0.2) is 0 Å². The first-order chi connectivity index (χ1) is 12.1. The summed E-state index contributed by atoms with van der Waals surface area (Å²) in [5.74, 6) is 1.56. The number of hydrogen-bond acceptors (Lipinski definition) is 1. The van der Waals surface area contributed by atoms with Gasteiger partial charge in [-0.1, -0.05) is 38.0 Å². The van der Waals surface area contributed by atoms with Gasteiger partial charge in [0.05, 0.1) is 0 Å². The lowest BCUT2D eigenvalue weighted by molar-refractivity contribution is 0.0802. The smallest absolute Gasteiger partial charge is 0.0459 e. The van der Waals surface area contributed by atoms with Gasteiger partial charge in [0.25, 0.3) is 0 Å². The Morgan fingerprint density at radius 2 is 1.76 bits per heavy atom. The van der Waals surface area contributed by atoms with Gasteiger partial charge >= 0.3 is 0 Å². The molecule has 0 radical (unpaired) electrons. The number of para-hydroxylation sites is 1. The van der Waals surface area contributed by atoms with Gasteiger partial charge < -0.3 is 9.88 Å². The second-order valence-electron chi connectivity index (χ2n) is 8.77. The second-order valence-corrected chi connectivity index (χ2v) is 8.77. The minimum absolute atomic E-state index is 0.443. The monoisotopic (exact) mass is 338 g/mol. The molecule has 1 heterocycles. The summed E-state index contributed by atoms with van der Waals surface area (Å²) in [7, 11) is 4.60. The first-order valence-corrected chi connectivity index (χ1v) is 10.4. The third kappa shape index (κ3) is 3.14. The Morgan fingerprint density at radius 3 is 2.40 bits per heavy atom. The highest BCUT2D eigenvalue weighted by Gasteiger charge is 2.39. The van der Waals surface area contributed by atoms with Gasteiger partial charge in [0.1, 0.15) is 0 Å². The van der Waals surface area contributed by atoms with E-state index in [-0.39, 0.29) is 0 Å². The highest BCUT2D eigenvalue weighted by atomic mass is 15.1. The molecule has 0 aliphatic heterocycles. The van der Waals surface area contributed by atoms with Crippen LogP contribution in [0.3, 0.4) is 0 Å². The SMILES string of the molecule is CCCCC1(N(C)C)CCC(c2[nH]c3ccccc3c2C2CC2)CC1. The predicted octanol–water partition coefficient (Wildman–Crippen LogP) is 6.19. The van der Waals surface area contributed by atoms with Crippen LogP contribution in [0.5, 0.6) is 0 Å². The summed E-state index contributed by atoms with van der Waals surface area (Å²) in [6.07, 6.45) is 12.2. The number of fused-ring (bicyclic) bond motifs is 1. The van der Waals surface area contributed by atoms with E-state index in [1.165, 1.54) is 68.7 Å². The average Bonchev–Trinajstić information content (AvgIpc) is 3.40. The fraction of sp³-hybridized carbons (Fsp3) is 0.652. The summed E-state index contributed by atoms with van der Waals surface area (Å²) in [5.41, 5.74) is 5.06. The lowest BCUT2D eigenvalue weighted by Crippen LogP contribution is -2.46. The van der Waals surface area contributed by atoms with E-state index >= 15 is 0 Å². The molecule has 4 rings (SSSR count). The van der Waals surface area contributed by atoms with E-state index in [0.717, 1.165) is 11.8 Å². The van der Waals surface area contributed by atoms with Gasteiger partial charge in [-0.3, -0.25) is 0 Å². The Balaban J connectivity index is 1.58. The van der Waals surface area contributed by atoms with E-state index < -0.39 is 0 Å². The summed E-state index contributed by atoms with van der Waals surface area (Å²) in [6, 6.07) is 8.96. The molecule has 1 N–H and O–H groups in total. The molecule has 2 saturated carbocycles. The Hall–Kier alpha value is -1.28. The lowest BCUT2D eigenvalue weighted by atomic mass is 9.71. The predicted molar refractivity (Wildman–Crippen MR) is 107 cm³/mol. The van der Waals surface area contributed by atoms with Crippen molar-refractivity contribution in [2.75, 3.05) is 14.1 Å². The molecule has 0 saturated heterocycles. The number of H-pyrrole nitrogens is 1. The lowest BCUT2D eigenvalue weighted by Gasteiger charge is -2.45. The zero-order valence-electron chi connectivity index (χ0n) is 16.3. The standard InChI is InChI=1S/C23H34N2/c1-4-5-14-23(25(2)3)15-12-18(13-16-23)22-21(17-10-11-17)19-8-6-7-9-20(19)24-22/h6-9,17-18,24H,4-5,10-16H2,1-3H3. The van der Waals surface area contributed by atoms with Crippen molar-refractivity contribution in [2.24, 2.45) is 0 Å². The normalized spacial score (nSPS) is 27.3. The molecule has 2 nitrogen and oxygen atoms in total. The van der Waals surface area contributed by atoms with Crippen LogP contribution < -0.4 is 0 Å². The van der Waals surface area contributed by atoms with E-state index in [4.69, 9.17) is 0 Å². The molecule has 1 aromatic heterocycles. The number of nitrogens with one attached hydrogen (secondary N) is 1. The van der Waals surface area contributed by atoms with E-state index in [9.17, 15) is 0 Å². The average molecular weight is 339 g/mol. The van der Waals surface area contributed by atoms with Gasteiger partial charge in [-0.2, -0.15) is 0 Å². The highest BCUT2D eigenvalue weighted by Crippen LogP contribution is 2.50. The van der Waals surface area contributed by atoms with Crippen molar-refractivity contribution in [1.29, 1.82) is 0 Å². The maximum atomic E-state index is 3.84. The van der Waals surface area contributed by atoms with E-state index in [2.05, 4.69) is 55.2 Å². The molecule has 0 spiro atoms. The summed E-state index contributed by atoms with van der Waals surface area (Å²) in [4.78, 5) is 6.38. The van der Waals surface area contributed by atoms with E-state index in [1.54, 1.807) is 11.3 Å². The van der Waals surface area contributed by atoms with Crippen LogP contribution in [0.1, 0.15) is 87.8 Å². The minimum atomic E-state index is 0.443. The molecule has 0 bridgehead atoms. The molecular weight excluding hydrogens is 304 g/mol. The quantitative estimate of drug-likeness (QED) is 0.665. The second kappa shape index (κ2) is 6.79. The van der Waals surface area contributed by atoms with Crippen LogP contribution in [-0.4, -0.2) is 29.5 Å². The number of unbranched alkanes of at least 4 members (excludes halogenated alkanes) is 1. The van der Waals surface area contributed by atoms with Gasteiger partial charge in [0.2, 0.25) is 0 Å². The van der Waals surface area contributed by atoms with Gasteiger partial charge in [-0.15, -0.1) is 0 Å². The van der Waals surface area contributed by atoms with Crippen molar-refractivity contribution in [3.05, 3.63) is 35.5 Å². The zero-order chi connectivity index (χ0) is 17.4. The third-order valence-electron chi connectivity index (χ3n) is 7.03. The largest absolute Gasteiger partial charge is 0.358 e. The van der Waals surface area contributed by atoms with Crippen LogP contribution in [0.2, 0.25) is 0 Å². The fourth-order valence-electron chi connectivity index (χ4n) is 5.19. The molecule has 2 aromatic rings. The molecule has 2 fully saturated rings. The molecule has 2 heteroatoms. The molecule has 0 atom stereocenters. The maximum Gasteiger partial charge on any atom is 0.0459 e. The molecule has 25 heavy (non-hydrogen) atoms. The summed E-state index contributed by atoms with van der Waals surface area (Å²) >= 11 is 0. The first-order valence-electron chi connectivity index (χ1n) is 10.4. The van der Waals surface area contributed by atoms with E-state index in [1.807, 2.05) is 0 Å². The Bertz CT molecular complexity index is 715. The molecule has 0 unspecified atom stereocenters. The van der Waals surface area contributed by atoms with Crippen molar-refractivity contribution >= 4 is 10.9 Å². The number of aromatic nitrogens is 1. The number of aromatic amines is 1. The summed E-state index contributed by atoms with van der Waals surface area (Å²) in [5, 5.41) is 1.50. The fourth-order valence-corrected chi connectivity index (χ4v) is 5.19. The molecular formula is C23H34N2. The number of rotatable bonds is 6. The van der Waals surface area contributed by atoms with Gasteiger partial charge in [-0.05, 0) is 82.5 Å². The molecule has 1 aromatic carbocycles. The van der Waals surface area contributed by atoms with Crippen LogP contribution in [0, 0.1) is 0 Å². The van der Waals surface area contributed by atoms with Crippen LogP contribution in [0.25, 0.3) is 10.9 Å². The number of hydrogen-bond donors (Lipinski definition) is 1. The molecule has 0 amide bonds. The minimum Gasteiger partial charge on any atom is -0.358 e. The van der Waals surface area contributed by atoms with Crippen molar-refractivity contribution < 1.29 is 0 Å². The Morgan fingerprint density at radius 1 is 1.04 bits per heavy atom. The Labute approximate surface area is 153 Å². The van der Waals surface area contributed by atoms with Crippen LogP contribution in [0.4, 0.5) is 0 Å². The van der Waals surface area contributed by atoms with Gasteiger partial charge in [0.15, 0.2) is 0 Å². The van der Waals surface area contributed by atoms with Crippen LogP contribution in [0.15, 0.2) is 24.3 Å². The van der Waals surface area contributed by atoms with E-state index in [0.29, 0.717) is 5.54 Å². The van der Waals surface area contributed by atoms with Crippen molar-refractivity contribution in [1.82, 2.24) is 9.88 Å². The zero-order valence-corrected chi connectivity index (χ0v) is 16.3. The first kappa shape index (κ1) is 17.1. The molecule has 136 valence electrons. The summed E-state index contributed by atoms with van der Waals surface area (Å²) < 4.78 is 0. The Kier molecular flexibility index (Phi) is 4.66.